The van der Waals surface area contributed by atoms with Crippen LogP contribution in [0.1, 0.15) is 5.82 Å². The zero-order valence-corrected chi connectivity index (χ0v) is 10.8. The summed E-state index contributed by atoms with van der Waals surface area (Å²) < 4.78 is 7.01. The summed E-state index contributed by atoms with van der Waals surface area (Å²) in [7, 11) is 0. The van der Waals surface area contributed by atoms with E-state index in [1.807, 2.05) is 0 Å². The number of hydrogen-bond donors (Lipinski definition) is 1. The lowest BCUT2D eigenvalue weighted by molar-refractivity contribution is -0.115. The summed E-state index contributed by atoms with van der Waals surface area (Å²) in [5.74, 6) is 1.23. The maximum atomic E-state index is 11.3. The van der Waals surface area contributed by atoms with E-state index in [1.165, 1.54) is 11.8 Å². The molecule has 0 aromatic carbocycles. The van der Waals surface area contributed by atoms with Crippen LogP contribution >= 0.6 is 11.8 Å². The minimum atomic E-state index is -0.0000718. The van der Waals surface area contributed by atoms with Crippen molar-refractivity contribution in [2.24, 2.45) is 0 Å². The molecule has 1 fully saturated rings. The fourth-order valence-electron chi connectivity index (χ4n) is 2.04. The first-order chi connectivity index (χ1) is 8.83. The molecule has 2 aliphatic rings. The van der Waals surface area contributed by atoms with Crippen molar-refractivity contribution in [2.75, 3.05) is 44.0 Å². The highest BCUT2D eigenvalue weighted by molar-refractivity contribution is 7.99. The molecule has 98 valence electrons. The van der Waals surface area contributed by atoms with Gasteiger partial charge in [0.25, 0.3) is 0 Å². The van der Waals surface area contributed by atoms with Gasteiger partial charge in [0, 0.05) is 26.1 Å². The van der Waals surface area contributed by atoms with Crippen LogP contribution in [-0.4, -0.2) is 64.3 Å². The Morgan fingerprint density at radius 1 is 1.33 bits per heavy atom. The van der Waals surface area contributed by atoms with Crippen molar-refractivity contribution in [2.45, 2.75) is 11.6 Å². The van der Waals surface area contributed by atoms with E-state index in [4.69, 9.17) is 4.74 Å². The molecule has 1 aromatic heterocycles. The molecular weight excluding hydrogens is 254 g/mol. The number of thioether (sulfide) groups is 1. The largest absolute Gasteiger partial charge is 0.379 e. The molecule has 1 saturated heterocycles. The van der Waals surface area contributed by atoms with Crippen LogP contribution < -0.4 is 5.43 Å². The lowest BCUT2D eigenvalue weighted by Crippen LogP contribution is -2.38. The topological polar surface area (TPSA) is 72.3 Å². The van der Waals surface area contributed by atoms with Gasteiger partial charge in [-0.15, -0.1) is 10.2 Å². The van der Waals surface area contributed by atoms with Gasteiger partial charge in [0.2, 0.25) is 11.1 Å². The van der Waals surface area contributed by atoms with E-state index in [1.54, 1.807) is 4.68 Å². The van der Waals surface area contributed by atoms with Crippen LogP contribution in [0.5, 0.6) is 0 Å². The number of fused-ring (bicyclic) bond motifs is 1. The molecule has 3 heterocycles. The molecule has 8 heteroatoms. The number of nitrogens with zero attached hydrogens (tertiary/aromatic N) is 4. The molecule has 3 rings (SSSR count). The Hall–Kier alpha value is -1.12. The van der Waals surface area contributed by atoms with E-state index in [0.717, 1.165) is 50.2 Å². The van der Waals surface area contributed by atoms with Crippen LogP contribution in [0.25, 0.3) is 0 Å². The number of nitrogens with one attached hydrogen (secondary N) is 1. The van der Waals surface area contributed by atoms with Crippen molar-refractivity contribution in [1.82, 2.24) is 19.8 Å². The van der Waals surface area contributed by atoms with Gasteiger partial charge >= 0.3 is 0 Å². The highest BCUT2D eigenvalue weighted by atomic mass is 32.2. The second-order valence-corrected chi connectivity index (χ2v) is 5.20. The van der Waals surface area contributed by atoms with Gasteiger partial charge in [-0.25, -0.2) is 4.68 Å². The molecule has 18 heavy (non-hydrogen) atoms. The Kier molecular flexibility index (Phi) is 3.48. The Morgan fingerprint density at radius 2 is 2.17 bits per heavy atom. The fraction of sp³-hybridized carbons (Fsp3) is 0.700. The number of carbonyl (C=O) groups is 1. The lowest BCUT2D eigenvalue weighted by Gasteiger charge is -2.26. The van der Waals surface area contributed by atoms with Gasteiger partial charge in [0.15, 0.2) is 5.82 Å². The smallest absolute Gasteiger partial charge is 0.249 e. The molecule has 0 radical (unpaired) electrons. The molecule has 0 saturated carbocycles. The highest BCUT2D eigenvalue weighted by Gasteiger charge is 2.21. The van der Waals surface area contributed by atoms with Crippen LogP contribution in [-0.2, 0) is 16.0 Å². The third-order valence-corrected chi connectivity index (χ3v) is 3.95. The van der Waals surface area contributed by atoms with Crippen LogP contribution in [0.15, 0.2) is 5.16 Å². The van der Waals surface area contributed by atoms with Gasteiger partial charge in [-0.2, -0.15) is 0 Å². The zero-order valence-electron chi connectivity index (χ0n) is 9.96. The molecule has 2 aliphatic heterocycles. The monoisotopic (exact) mass is 269 g/mol. The maximum absolute atomic E-state index is 11.3. The Balaban J connectivity index is 1.62. The highest BCUT2D eigenvalue weighted by Crippen LogP contribution is 2.19. The lowest BCUT2D eigenvalue weighted by atomic mass is 10.3. The van der Waals surface area contributed by atoms with Crippen molar-refractivity contribution < 1.29 is 9.53 Å². The summed E-state index contributed by atoms with van der Waals surface area (Å²) in [6.07, 6.45) is 0.786. The van der Waals surface area contributed by atoms with Crippen LogP contribution in [0.3, 0.4) is 0 Å². The summed E-state index contributed by atoms with van der Waals surface area (Å²) in [6, 6.07) is 0. The van der Waals surface area contributed by atoms with Gasteiger partial charge < -0.3 is 4.74 Å². The van der Waals surface area contributed by atoms with Crippen molar-refractivity contribution in [3.63, 3.8) is 0 Å². The summed E-state index contributed by atoms with van der Waals surface area (Å²) in [5.41, 5.74) is 2.78. The Bertz CT molecular complexity index is 443. The number of hydrogen-bond acceptors (Lipinski definition) is 6. The van der Waals surface area contributed by atoms with E-state index < -0.39 is 0 Å². The second kappa shape index (κ2) is 5.25. The molecule has 1 N–H and O–H groups in total. The third-order valence-electron chi connectivity index (χ3n) is 3.02. The van der Waals surface area contributed by atoms with Crippen LogP contribution in [0, 0.1) is 0 Å². The normalized spacial score (nSPS) is 20.6. The van der Waals surface area contributed by atoms with Crippen molar-refractivity contribution in [3.8, 4) is 0 Å². The van der Waals surface area contributed by atoms with E-state index in [9.17, 15) is 4.79 Å². The Labute approximate surface area is 109 Å². The van der Waals surface area contributed by atoms with Gasteiger partial charge in [0.1, 0.15) is 0 Å². The standard InChI is InChI=1S/C10H15N5O2S/c16-9-7-18-10-12-11-8(15(10)13-9)1-2-14-3-5-17-6-4-14/h1-7H2,(H,13,16). The minimum absolute atomic E-state index is 0.0000718. The molecule has 7 nitrogen and oxygen atoms in total. The fourth-order valence-corrected chi connectivity index (χ4v) is 2.74. The molecule has 1 aromatic rings. The minimum Gasteiger partial charge on any atom is -0.379 e. The maximum Gasteiger partial charge on any atom is 0.249 e. The predicted octanol–water partition coefficient (Wildman–Crippen LogP) is -0.671. The number of rotatable bonds is 3. The second-order valence-electron chi connectivity index (χ2n) is 4.26. The van der Waals surface area contributed by atoms with Crippen molar-refractivity contribution in [1.29, 1.82) is 0 Å². The quantitative estimate of drug-likeness (QED) is 0.784. The summed E-state index contributed by atoms with van der Waals surface area (Å²) in [4.78, 5) is 13.7. The zero-order chi connectivity index (χ0) is 12.4. The van der Waals surface area contributed by atoms with Gasteiger partial charge in [-0.05, 0) is 0 Å². The number of carbonyl (C=O) groups excluding carboxylic acids is 1. The van der Waals surface area contributed by atoms with Crippen molar-refractivity contribution >= 4 is 17.7 Å². The summed E-state index contributed by atoms with van der Waals surface area (Å²) >= 11 is 1.42. The molecule has 1 amide bonds. The average Bonchev–Trinajstić information content (AvgIpc) is 2.80. The molecule has 0 aliphatic carbocycles. The van der Waals surface area contributed by atoms with Crippen LogP contribution in [0.4, 0.5) is 0 Å². The number of aromatic nitrogens is 3. The molecule has 0 atom stereocenters. The molecule has 0 unspecified atom stereocenters. The third kappa shape index (κ3) is 2.50. The van der Waals surface area contributed by atoms with Gasteiger partial charge in [-0.1, -0.05) is 11.8 Å². The van der Waals surface area contributed by atoms with Crippen molar-refractivity contribution in [3.05, 3.63) is 5.82 Å². The first-order valence-corrected chi connectivity index (χ1v) is 6.98. The predicted molar refractivity (Wildman–Crippen MR) is 66.1 cm³/mol. The first kappa shape index (κ1) is 11.9. The Morgan fingerprint density at radius 3 is 3.00 bits per heavy atom. The van der Waals surface area contributed by atoms with E-state index in [2.05, 4.69) is 20.5 Å². The summed E-state index contributed by atoms with van der Waals surface area (Å²) in [5, 5.41) is 8.98. The van der Waals surface area contributed by atoms with E-state index in [0.29, 0.717) is 5.75 Å². The number of morpholine rings is 1. The van der Waals surface area contributed by atoms with Gasteiger partial charge in [0.05, 0.1) is 19.0 Å². The van der Waals surface area contributed by atoms with Gasteiger partial charge in [-0.3, -0.25) is 15.1 Å². The molecule has 0 spiro atoms. The van der Waals surface area contributed by atoms with Crippen LogP contribution in [0.2, 0.25) is 0 Å². The molecule has 0 bridgehead atoms. The number of amides is 1. The van der Waals surface area contributed by atoms with E-state index >= 15 is 0 Å². The van der Waals surface area contributed by atoms with E-state index in [-0.39, 0.29) is 5.91 Å². The summed E-state index contributed by atoms with van der Waals surface area (Å²) in [6.45, 7) is 4.43. The number of ether oxygens (including phenoxy) is 1. The SMILES string of the molecule is O=C1CSc2nnc(CCN3CCOCC3)n2N1. The first-order valence-electron chi connectivity index (χ1n) is 6.00. The molecular formula is C10H15N5O2S. The average molecular weight is 269 g/mol.